The summed E-state index contributed by atoms with van der Waals surface area (Å²) in [5, 5.41) is 3.16. The summed E-state index contributed by atoms with van der Waals surface area (Å²) < 4.78 is 31.4. The highest BCUT2D eigenvalue weighted by Gasteiger charge is 2.22. The van der Waals surface area contributed by atoms with E-state index >= 15 is 0 Å². The van der Waals surface area contributed by atoms with Gasteiger partial charge in [-0.15, -0.1) is 0 Å². The Morgan fingerprint density at radius 3 is 2.94 bits per heavy atom. The van der Waals surface area contributed by atoms with E-state index in [4.69, 9.17) is 4.42 Å². The van der Waals surface area contributed by atoms with Crippen LogP contribution in [-0.4, -0.2) is 27.3 Å². The highest BCUT2D eigenvalue weighted by molar-refractivity contribution is 7.89. The Hall–Kier alpha value is -0.850. The molecule has 17 heavy (non-hydrogen) atoms. The van der Waals surface area contributed by atoms with Crippen LogP contribution in [0.1, 0.15) is 17.9 Å². The topological polar surface area (TPSA) is 71.3 Å². The molecular weight excluding hydrogens is 240 g/mol. The molecule has 1 aliphatic rings. The van der Waals surface area contributed by atoms with Crippen LogP contribution in [-0.2, 0) is 16.6 Å². The van der Waals surface area contributed by atoms with Gasteiger partial charge in [-0.2, -0.15) is 0 Å². The molecule has 0 aromatic carbocycles. The first kappa shape index (κ1) is 12.6. The molecule has 1 unspecified atom stereocenters. The van der Waals surface area contributed by atoms with Crippen molar-refractivity contribution in [2.45, 2.75) is 19.9 Å². The fourth-order valence-electron chi connectivity index (χ4n) is 1.99. The molecule has 1 aromatic rings. The number of nitrogens with one attached hydrogen (secondary N) is 2. The third-order valence-corrected chi connectivity index (χ3v) is 4.37. The Morgan fingerprint density at radius 1 is 1.53 bits per heavy atom. The Labute approximate surface area is 102 Å². The van der Waals surface area contributed by atoms with Crippen molar-refractivity contribution in [2.75, 3.05) is 18.8 Å². The molecule has 0 radical (unpaired) electrons. The zero-order valence-electron chi connectivity index (χ0n) is 9.90. The SMILES string of the molecule is Cc1ccc(CNS(=O)(=O)CC2CCNC2)o1. The van der Waals surface area contributed by atoms with Gasteiger partial charge in [-0.1, -0.05) is 0 Å². The first-order chi connectivity index (χ1) is 8.05. The predicted octanol–water partition coefficient (Wildman–Crippen LogP) is 0.617. The van der Waals surface area contributed by atoms with Gasteiger partial charge in [0.05, 0.1) is 12.3 Å². The van der Waals surface area contributed by atoms with Crippen molar-refractivity contribution in [3.63, 3.8) is 0 Å². The summed E-state index contributed by atoms with van der Waals surface area (Å²) in [5.41, 5.74) is 0. The van der Waals surface area contributed by atoms with Crippen LogP contribution < -0.4 is 10.0 Å². The van der Waals surface area contributed by atoms with Crippen molar-refractivity contribution in [1.29, 1.82) is 0 Å². The Balaban J connectivity index is 1.84. The smallest absolute Gasteiger partial charge is 0.212 e. The van der Waals surface area contributed by atoms with Gasteiger partial charge in [0.15, 0.2) is 0 Å². The van der Waals surface area contributed by atoms with Crippen LogP contribution >= 0.6 is 0 Å². The average molecular weight is 258 g/mol. The summed E-state index contributed by atoms with van der Waals surface area (Å²) in [6.45, 7) is 3.77. The number of hydrogen-bond donors (Lipinski definition) is 2. The van der Waals surface area contributed by atoms with E-state index in [2.05, 4.69) is 10.0 Å². The molecular formula is C11H18N2O3S. The minimum atomic E-state index is -3.20. The van der Waals surface area contributed by atoms with Crippen molar-refractivity contribution < 1.29 is 12.8 Å². The van der Waals surface area contributed by atoms with E-state index in [0.29, 0.717) is 5.76 Å². The molecule has 1 saturated heterocycles. The molecule has 0 bridgehead atoms. The van der Waals surface area contributed by atoms with Gasteiger partial charge in [0.25, 0.3) is 0 Å². The molecule has 1 aliphatic heterocycles. The van der Waals surface area contributed by atoms with Gasteiger partial charge in [-0.25, -0.2) is 13.1 Å². The number of aryl methyl sites for hydroxylation is 1. The Bertz CT molecular complexity index is 461. The predicted molar refractivity (Wildman–Crippen MR) is 65.0 cm³/mol. The molecule has 1 aromatic heterocycles. The molecule has 0 aliphatic carbocycles. The van der Waals surface area contributed by atoms with Gasteiger partial charge in [0.2, 0.25) is 10.0 Å². The van der Waals surface area contributed by atoms with Crippen LogP contribution in [0.2, 0.25) is 0 Å². The second-order valence-corrected chi connectivity index (χ2v) is 6.33. The van der Waals surface area contributed by atoms with Crippen LogP contribution in [0.5, 0.6) is 0 Å². The second kappa shape index (κ2) is 5.20. The van der Waals surface area contributed by atoms with Gasteiger partial charge >= 0.3 is 0 Å². The Kier molecular flexibility index (Phi) is 3.86. The van der Waals surface area contributed by atoms with E-state index in [-0.39, 0.29) is 18.2 Å². The van der Waals surface area contributed by atoms with Crippen molar-refractivity contribution in [2.24, 2.45) is 5.92 Å². The molecule has 1 atom stereocenters. The second-order valence-electron chi connectivity index (χ2n) is 4.47. The van der Waals surface area contributed by atoms with Crippen molar-refractivity contribution in [1.82, 2.24) is 10.0 Å². The first-order valence-electron chi connectivity index (χ1n) is 5.78. The molecule has 2 rings (SSSR count). The molecule has 0 saturated carbocycles. The summed E-state index contributed by atoms with van der Waals surface area (Å²) in [7, 11) is -3.20. The lowest BCUT2D eigenvalue weighted by Gasteiger charge is -2.09. The van der Waals surface area contributed by atoms with Crippen LogP contribution in [0, 0.1) is 12.8 Å². The number of sulfonamides is 1. The average Bonchev–Trinajstić information content (AvgIpc) is 2.86. The molecule has 2 N–H and O–H groups in total. The highest BCUT2D eigenvalue weighted by atomic mass is 32.2. The molecule has 5 nitrogen and oxygen atoms in total. The maximum atomic E-state index is 11.8. The van der Waals surface area contributed by atoms with Gasteiger partial charge in [0.1, 0.15) is 11.5 Å². The zero-order valence-corrected chi connectivity index (χ0v) is 10.7. The third kappa shape index (κ3) is 3.83. The molecule has 1 fully saturated rings. The molecule has 96 valence electrons. The number of hydrogen-bond acceptors (Lipinski definition) is 4. The largest absolute Gasteiger partial charge is 0.465 e. The first-order valence-corrected chi connectivity index (χ1v) is 7.44. The van der Waals surface area contributed by atoms with Crippen LogP contribution in [0.3, 0.4) is 0 Å². The van der Waals surface area contributed by atoms with Crippen LogP contribution in [0.25, 0.3) is 0 Å². The summed E-state index contributed by atoms with van der Waals surface area (Å²) in [4.78, 5) is 0. The maximum absolute atomic E-state index is 11.8. The van der Waals surface area contributed by atoms with E-state index in [1.54, 1.807) is 6.07 Å². The van der Waals surface area contributed by atoms with Gasteiger partial charge < -0.3 is 9.73 Å². The fourth-order valence-corrected chi connectivity index (χ4v) is 3.37. The number of furan rings is 1. The van der Waals surface area contributed by atoms with Gasteiger partial charge in [-0.3, -0.25) is 0 Å². The minimum absolute atomic E-state index is 0.194. The molecule has 2 heterocycles. The fraction of sp³-hybridized carbons (Fsp3) is 0.636. The van der Waals surface area contributed by atoms with Crippen molar-refractivity contribution in [3.8, 4) is 0 Å². The summed E-state index contributed by atoms with van der Waals surface area (Å²) in [5.74, 6) is 1.86. The standard InChI is InChI=1S/C11H18N2O3S/c1-9-2-3-11(16-9)7-13-17(14,15)8-10-4-5-12-6-10/h2-3,10,12-13H,4-8H2,1H3. The summed E-state index contributed by atoms with van der Waals surface area (Å²) >= 11 is 0. The maximum Gasteiger partial charge on any atom is 0.212 e. The quantitative estimate of drug-likeness (QED) is 0.812. The summed E-state index contributed by atoms with van der Waals surface area (Å²) in [6.07, 6.45) is 0.931. The van der Waals surface area contributed by atoms with E-state index in [1.165, 1.54) is 0 Å². The minimum Gasteiger partial charge on any atom is -0.465 e. The molecule has 0 amide bonds. The van der Waals surface area contributed by atoms with Crippen molar-refractivity contribution in [3.05, 3.63) is 23.7 Å². The third-order valence-electron chi connectivity index (χ3n) is 2.88. The monoisotopic (exact) mass is 258 g/mol. The van der Waals surface area contributed by atoms with Gasteiger partial charge in [0, 0.05) is 0 Å². The molecule has 0 spiro atoms. The van der Waals surface area contributed by atoms with Gasteiger partial charge in [-0.05, 0) is 44.5 Å². The normalized spacial score (nSPS) is 20.9. The van der Waals surface area contributed by atoms with Crippen LogP contribution in [0.15, 0.2) is 16.5 Å². The van der Waals surface area contributed by atoms with Crippen LogP contribution in [0.4, 0.5) is 0 Å². The van der Waals surface area contributed by atoms with E-state index in [1.807, 2.05) is 13.0 Å². The van der Waals surface area contributed by atoms with Crippen molar-refractivity contribution >= 4 is 10.0 Å². The van der Waals surface area contributed by atoms with E-state index in [0.717, 1.165) is 25.3 Å². The van der Waals surface area contributed by atoms with E-state index in [9.17, 15) is 8.42 Å². The summed E-state index contributed by atoms with van der Waals surface area (Å²) in [6, 6.07) is 3.61. The number of rotatable bonds is 5. The highest BCUT2D eigenvalue weighted by Crippen LogP contribution is 2.11. The Morgan fingerprint density at radius 2 is 2.35 bits per heavy atom. The lowest BCUT2D eigenvalue weighted by atomic mass is 10.2. The van der Waals surface area contributed by atoms with E-state index < -0.39 is 10.0 Å². The lowest BCUT2D eigenvalue weighted by Crippen LogP contribution is -2.30. The molecule has 6 heteroatoms. The zero-order chi connectivity index (χ0) is 12.3. The lowest BCUT2D eigenvalue weighted by molar-refractivity contribution is 0.474.